The number of likely N-dealkylation sites (tertiary alicyclic amines) is 1. The van der Waals surface area contributed by atoms with Gasteiger partial charge >= 0.3 is 0 Å². The number of rotatable bonds is 6. The highest BCUT2D eigenvalue weighted by Crippen LogP contribution is 2.30. The zero-order valence-electron chi connectivity index (χ0n) is 12.0. The lowest BCUT2D eigenvalue weighted by Crippen LogP contribution is -2.37. The molecule has 1 saturated heterocycles. The van der Waals surface area contributed by atoms with Crippen LogP contribution in [0.15, 0.2) is 29.2 Å². The Bertz CT molecular complexity index is 581. The monoisotopic (exact) mass is 310 g/mol. The Morgan fingerprint density at radius 2 is 1.90 bits per heavy atom. The molecule has 1 heterocycles. The first-order valence-electron chi connectivity index (χ1n) is 7.55. The molecule has 1 atom stereocenters. The van der Waals surface area contributed by atoms with E-state index in [0.29, 0.717) is 17.4 Å². The third-order valence-corrected chi connectivity index (χ3v) is 5.78. The maximum Gasteiger partial charge on any atom is 0.240 e. The van der Waals surface area contributed by atoms with E-state index >= 15 is 0 Å². The lowest BCUT2D eigenvalue weighted by molar-refractivity contribution is 0.299. The SMILES string of the molecule is O=S(=O)(NC1CCN(C2CC2)C1)c1ccc(CCO)cc1. The van der Waals surface area contributed by atoms with Gasteiger partial charge in [0, 0.05) is 31.8 Å². The average Bonchev–Trinajstić information content (AvgIpc) is 3.21. The molecule has 1 aromatic rings. The fraction of sp³-hybridized carbons (Fsp3) is 0.600. The van der Waals surface area contributed by atoms with Crippen LogP contribution in [0.2, 0.25) is 0 Å². The van der Waals surface area contributed by atoms with Gasteiger partial charge in [-0.15, -0.1) is 0 Å². The molecule has 2 N–H and O–H groups in total. The molecule has 0 aromatic heterocycles. The fourth-order valence-corrected chi connectivity index (χ4v) is 4.17. The van der Waals surface area contributed by atoms with Crippen molar-refractivity contribution in [2.75, 3.05) is 19.7 Å². The Morgan fingerprint density at radius 3 is 2.52 bits per heavy atom. The van der Waals surface area contributed by atoms with Gasteiger partial charge < -0.3 is 5.11 Å². The lowest BCUT2D eigenvalue weighted by Gasteiger charge is -2.16. The van der Waals surface area contributed by atoms with Crippen LogP contribution in [0.3, 0.4) is 0 Å². The summed E-state index contributed by atoms with van der Waals surface area (Å²) in [6.07, 6.45) is 3.95. The predicted molar refractivity (Wildman–Crippen MR) is 80.6 cm³/mol. The normalized spacial score (nSPS) is 23.6. The molecule has 1 aromatic carbocycles. The van der Waals surface area contributed by atoms with Crippen LogP contribution in [0.25, 0.3) is 0 Å². The van der Waals surface area contributed by atoms with E-state index in [1.807, 2.05) is 0 Å². The summed E-state index contributed by atoms with van der Waals surface area (Å²) >= 11 is 0. The van der Waals surface area contributed by atoms with Crippen LogP contribution >= 0.6 is 0 Å². The van der Waals surface area contributed by atoms with Crippen molar-refractivity contribution >= 4 is 10.0 Å². The zero-order valence-corrected chi connectivity index (χ0v) is 12.8. The van der Waals surface area contributed by atoms with Crippen molar-refractivity contribution in [2.45, 2.75) is 42.7 Å². The van der Waals surface area contributed by atoms with E-state index < -0.39 is 10.0 Å². The van der Waals surface area contributed by atoms with Crippen molar-refractivity contribution in [3.8, 4) is 0 Å². The van der Waals surface area contributed by atoms with Crippen LogP contribution < -0.4 is 4.72 Å². The number of hydrogen-bond donors (Lipinski definition) is 2. The number of aliphatic hydroxyl groups is 1. The molecule has 2 aliphatic rings. The molecule has 1 saturated carbocycles. The van der Waals surface area contributed by atoms with Gasteiger partial charge in [0.25, 0.3) is 0 Å². The minimum absolute atomic E-state index is 0.0210. The van der Waals surface area contributed by atoms with Crippen molar-refractivity contribution in [3.05, 3.63) is 29.8 Å². The van der Waals surface area contributed by atoms with Crippen molar-refractivity contribution < 1.29 is 13.5 Å². The maximum atomic E-state index is 12.4. The maximum absolute atomic E-state index is 12.4. The van der Waals surface area contributed by atoms with Gasteiger partial charge in [-0.2, -0.15) is 0 Å². The standard InChI is InChI=1S/C15H22N2O3S/c18-10-8-12-1-5-15(6-2-12)21(19,20)16-13-7-9-17(11-13)14-3-4-14/h1-2,5-6,13-14,16,18H,3-4,7-11H2. The van der Waals surface area contributed by atoms with E-state index in [2.05, 4.69) is 9.62 Å². The third kappa shape index (κ3) is 3.63. The molecule has 1 aliphatic heterocycles. The first kappa shape index (κ1) is 15.0. The second-order valence-electron chi connectivity index (χ2n) is 5.95. The zero-order chi connectivity index (χ0) is 14.9. The summed E-state index contributed by atoms with van der Waals surface area (Å²) in [5.74, 6) is 0. The number of aliphatic hydroxyl groups excluding tert-OH is 1. The summed E-state index contributed by atoms with van der Waals surface area (Å²) in [6.45, 7) is 1.89. The van der Waals surface area contributed by atoms with Gasteiger partial charge in [0.2, 0.25) is 10.0 Å². The van der Waals surface area contributed by atoms with Crippen LogP contribution in [0.4, 0.5) is 0 Å². The van der Waals surface area contributed by atoms with Crippen molar-refractivity contribution in [2.24, 2.45) is 0 Å². The van der Waals surface area contributed by atoms with Gasteiger partial charge in [-0.05, 0) is 43.4 Å². The number of sulfonamides is 1. The molecule has 0 bridgehead atoms. The smallest absolute Gasteiger partial charge is 0.240 e. The van der Waals surface area contributed by atoms with E-state index in [1.54, 1.807) is 24.3 Å². The molecule has 1 aliphatic carbocycles. The molecule has 0 radical (unpaired) electrons. The van der Waals surface area contributed by atoms with E-state index in [-0.39, 0.29) is 12.6 Å². The Balaban J connectivity index is 1.63. The fourth-order valence-electron chi connectivity index (χ4n) is 2.91. The van der Waals surface area contributed by atoms with Crippen LogP contribution in [-0.4, -0.2) is 50.2 Å². The molecule has 6 heteroatoms. The molecule has 5 nitrogen and oxygen atoms in total. The minimum Gasteiger partial charge on any atom is -0.396 e. The average molecular weight is 310 g/mol. The Labute approximate surface area is 126 Å². The first-order chi connectivity index (χ1) is 10.1. The van der Waals surface area contributed by atoms with Crippen LogP contribution in [0.5, 0.6) is 0 Å². The van der Waals surface area contributed by atoms with Gasteiger partial charge in [0.1, 0.15) is 0 Å². The number of nitrogens with zero attached hydrogens (tertiary/aromatic N) is 1. The Hall–Kier alpha value is -0.950. The molecular weight excluding hydrogens is 288 g/mol. The third-order valence-electron chi connectivity index (χ3n) is 4.24. The molecule has 2 fully saturated rings. The summed E-state index contributed by atoms with van der Waals surface area (Å²) in [6, 6.07) is 7.46. The van der Waals surface area contributed by atoms with Crippen LogP contribution in [-0.2, 0) is 16.4 Å². The number of nitrogens with one attached hydrogen (secondary N) is 1. The van der Waals surface area contributed by atoms with Crippen LogP contribution in [0.1, 0.15) is 24.8 Å². The molecule has 1 unspecified atom stereocenters. The van der Waals surface area contributed by atoms with Crippen molar-refractivity contribution in [1.29, 1.82) is 0 Å². The molecule has 0 spiro atoms. The van der Waals surface area contributed by atoms with E-state index in [9.17, 15) is 8.42 Å². The summed E-state index contributed by atoms with van der Waals surface area (Å²) < 4.78 is 27.6. The number of benzene rings is 1. The topological polar surface area (TPSA) is 69.6 Å². The molecule has 21 heavy (non-hydrogen) atoms. The van der Waals surface area contributed by atoms with Gasteiger partial charge in [0.05, 0.1) is 4.90 Å². The summed E-state index contributed by atoms with van der Waals surface area (Å²) in [4.78, 5) is 2.69. The van der Waals surface area contributed by atoms with Gasteiger partial charge in [0.15, 0.2) is 0 Å². The summed E-state index contributed by atoms with van der Waals surface area (Å²) in [5.41, 5.74) is 0.942. The predicted octanol–water partition coefficient (Wildman–Crippen LogP) is 0.736. The quantitative estimate of drug-likeness (QED) is 0.813. The van der Waals surface area contributed by atoms with Crippen molar-refractivity contribution in [1.82, 2.24) is 9.62 Å². The van der Waals surface area contributed by atoms with E-state index in [4.69, 9.17) is 5.11 Å². The van der Waals surface area contributed by atoms with Gasteiger partial charge in [-0.1, -0.05) is 12.1 Å². The Morgan fingerprint density at radius 1 is 1.19 bits per heavy atom. The molecule has 116 valence electrons. The van der Waals surface area contributed by atoms with E-state index in [0.717, 1.165) is 25.1 Å². The second kappa shape index (κ2) is 6.04. The highest BCUT2D eigenvalue weighted by molar-refractivity contribution is 7.89. The molecule has 0 amide bonds. The van der Waals surface area contributed by atoms with Crippen LogP contribution in [0, 0.1) is 0 Å². The van der Waals surface area contributed by atoms with Gasteiger partial charge in [-0.3, -0.25) is 4.90 Å². The number of hydrogen-bond acceptors (Lipinski definition) is 4. The van der Waals surface area contributed by atoms with E-state index in [1.165, 1.54) is 12.8 Å². The Kier molecular flexibility index (Phi) is 4.31. The summed E-state index contributed by atoms with van der Waals surface area (Å²) in [7, 11) is -3.44. The summed E-state index contributed by atoms with van der Waals surface area (Å²) in [5, 5.41) is 8.88. The minimum atomic E-state index is -3.44. The largest absolute Gasteiger partial charge is 0.396 e. The van der Waals surface area contributed by atoms with Crippen molar-refractivity contribution in [3.63, 3.8) is 0 Å². The highest BCUT2D eigenvalue weighted by atomic mass is 32.2. The highest BCUT2D eigenvalue weighted by Gasteiger charge is 2.35. The lowest BCUT2D eigenvalue weighted by atomic mass is 10.2. The van der Waals surface area contributed by atoms with Gasteiger partial charge in [-0.25, -0.2) is 13.1 Å². The molecule has 3 rings (SSSR count). The second-order valence-corrected chi connectivity index (χ2v) is 7.66. The molecular formula is C15H22N2O3S. The first-order valence-corrected chi connectivity index (χ1v) is 9.03.